The molecule has 0 saturated heterocycles. The molecule has 15 aromatic rings. The number of aromatic nitrogens is 5. The van der Waals surface area contributed by atoms with Crippen molar-refractivity contribution < 1.29 is 107 Å². The van der Waals surface area contributed by atoms with Gasteiger partial charge in [0.2, 0.25) is 57.8 Å². The lowest BCUT2D eigenvalue weighted by Crippen LogP contribution is -2.50. The first-order valence-corrected chi connectivity index (χ1v) is 44.2. The summed E-state index contributed by atoms with van der Waals surface area (Å²) in [5, 5.41) is 22.8. The number of ketones is 4. The van der Waals surface area contributed by atoms with Gasteiger partial charge in [0.05, 0.1) is 6.04 Å². The largest absolute Gasteiger partial charge is 0.435 e. The Morgan fingerprint density at radius 2 is 0.514 bits per heavy atom. The zero-order valence-corrected chi connectivity index (χ0v) is 78.0. The third-order valence-corrected chi connectivity index (χ3v) is 21.4. The molecule has 5 heterocycles. The molecule has 35 nitrogen and oxygen atoms in total. The molecule has 0 radical (unpaired) electrons. The van der Waals surface area contributed by atoms with Crippen molar-refractivity contribution in [1.29, 1.82) is 0 Å². The molecule has 38 heteroatoms. The SMILES string of the molecule is Cc1nc(-c2cccc(F)c2F)c(C(=O)NC(Cc2ccccc2)C(=O)C(N)=O)o1.Cc1nc(-c2ccccc2)c(C(=O)NC(Cc2ccccc2)C(=O)C(N)=O)o1.Cc1nc(-c2ccccc2)c(C(=O)NC(Cc2ccccc2)C(O)C(N)=O)o1.Cc1nc(-c2ccccc2C)c(C(=O)NC(Cc2ccccc2)C(=O)C(N)=O)o1.Cc1nc(-c2ccccc2F)c(C(=O)NC(Cc2ccccc2)C(=O)C(N)=O)o1. The van der Waals surface area contributed by atoms with Crippen molar-refractivity contribution in [2.75, 3.05) is 0 Å². The summed E-state index contributed by atoms with van der Waals surface area (Å²) in [5.41, 5.74) is 33.4. The molecule has 10 aromatic carbocycles. The molecule has 0 aliphatic rings. The number of oxazole rings is 5. The molecule has 0 saturated carbocycles. The quantitative estimate of drug-likeness (QED) is 0.0164. The lowest BCUT2D eigenvalue weighted by atomic mass is 10.0. The predicted molar refractivity (Wildman–Crippen MR) is 517 cm³/mol. The number of amides is 10. The van der Waals surface area contributed by atoms with E-state index < -0.39 is 142 Å². The van der Waals surface area contributed by atoms with Gasteiger partial charge in [0.25, 0.3) is 53.2 Å². The molecule has 6 atom stereocenters. The number of benzene rings is 10. The van der Waals surface area contributed by atoms with E-state index in [1.807, 2.05) is 122 Å². The Morgan fingerprint density at radius 3 is 0.812 bits per heavy atom. The molecule has 0 aliphatic heterocycles. The Hall–Kier alpha value is -18.6. The smallest absolute Gasteiger partial charge is 0.290 e. The van der Waals surface area contributed by atoms with Crippen LogP contribution in [0, 0.1) is 59.0 Å². The molecular weight excluding hydrogens is 1860 g/mol. The molecular formula is C106H96F3N15O20. The molecule has 16 N–H and O–H groups in total. The Balaban J connectivity index is 0.000000172. The van der Waals surface area contributed by atoms with Gasteiger partial charge in [-0.3, -0.25) is 67.1 Å². The fraction of sp³-hybridized carbons (Fsp3) is 0.160. The number of carbonyl (C=O) groups excluding carboxylic acids is 14. The Bertz CT molecular complexity index is 6980. The molecule has 5 aromatic heterocycles. The van der Waals surface area contributed by atoms with E-state index in [0.29, 0.717) is 45.9 Å². The highest BCUT2D eigenvalue weighted by Crippen LogP contribution is 2.33. The number of aliphatic hydroxyl groups excluding tert-OH is 1. The van der Waals surface area contributed by atoms with Crippen LogP contribution >= 0.6 is 0 Å². The van der Waals surface area contributed by atoms with Gasteiger partial charge in [0.1, 0.15) is 58.5 Å². The number of Topliss-reactive ketones (excluding diaryl/α,β-unsaturated/α-hetero) is 4. The summed E-state index contributed by atoms with van der Waals surface area (Å²) < 4.78 is 69.2. The standard InChI is InChI=1S/C22H21N3O4.C21H17F2N3O4.C21H18FN3O4.C21H21N3O4.C21H19N3O4/c1-13-8-6-7-11-16(13)18-20(29-14(2)24-18)22(28)25-17(19(26)21(23)27)12-15-9-4-3-5-10-15;1-11-25-17(13-8-5-9-14(22)16(13)23)19(30-11)21(29)26-15(18(27)20(24)28)10-12-6-3-2-4-7-12;1-12-24-17(14-9-5-6-10-15(14)22)19(29-12)21(28)25-16(18(26)20(23)27)11-13-7-3-2-4-8-13;2*1-13-23-17(15-10-6-3-7-11-15)19(28-13)21(27)24-16(18(25)20(22)26)12-14-8-4-2-5-9-14/h3-11,17H,12H2,1-2H3,(H2,23,27)(H,25,28);2-9,15H,10H2,1H3,(H2,24,28)(H,26,29);2-10,16H,11H2,1H3,(H2,23,27)(H,25,28);2-11,16,18,25H,12H2,1H3,(H2,22,26)(H,24,27);2-11,16H,12H2,1H3,(H2,22,26)(H,24,27). The van der Waals surface area contributed by atoms with E-state index in [4.69, 9.17) is 50.8 Å². The van der Waals surface area contributed by atoms with Gasteiger partial charge >= 0.3 is 0 Å². The summed E-state index contributed by atoms with van der Waals surface area (Å²) in [4.78, 5) is 191. The van der Waals surface area contributed by atoms with Crippen LogP contribution in [0.4, 0.5) is 13.2 Å². The van der Waals surface area contributed by atoms with E-state index >= 15 is 0 Å². The Kier molecular flexibility index (Phi) is 36.8. The van der Waals surface area contributed by atoms with Crippen LogP contribution in [0.2, 0.25) is 0 Å². The topological polar surface area (TPSA) is 580 Å². The van der Waals surface area contributed by atoms with Crippen LogP contribution in [0.3, 0.4) is 0 Å². The van der Waals surface area contributed by atoms with Gasteiger partial charge in [-0.15, -0.1) is 0 Å². The minimum absolute atomic E-state index is 0.00286. The zero-order valence-electron chi connectivity index (χ0n) is 78.0. The number of aryl methyl sites for hydroxylation is 6. The van der Waals surface area contributed by atoms with Crippen LogP contribution in [-0.2, 0) is 75.3 Å². The maximum Gasteiger partial charge on any atom is 0.290 e. The van der Waals surface area contributed by atoms with Crippen molar-refractivity contribution in [2.45, 2.75) is 110 Å². The van der Waals surface area contributed by atoms with Crippen LogP contribution in [0.15, 0.2) is 301 Å². The number of halogens is 3. The highest BCUT2D eigenvalue weighted by atomic mass is 19.2. The number of hydrogen-bond acceptors (Lipinski definition) is 25. The Labute approximate surface area is 820 Å². The molecule has 0 bridgehead atoms. The fourth-order valence-electron chi connectivity index (χ4n) is 14.6. The van der Waals surface area contributed by atoms with Crippen LogP contribution in [0.5, 0.6) is 0 Å². The van der Waals surface area contributed by atoms with E-state index in [0.717, 1.165) is 45.0 Å². The van der Waals surface area contributed by atoms with Gasteiger partial charge < -0.3 is 82.4 Å². The zero-order chi connectivity index (χ0) is 104. The third kappa shape index (κ3) is 28.8. The summed E-state index contributed by atoms with van der Waals surface area (Å²) in [5.74, 6) is -15.3. The second-order valence-electron chi connectivity index (χ2n) is 32.1. The summed E-state index contributed by atoms with van der Waals surface area (Å²) in [6, 6.07) is 73.9. The summed E-state index contributed by atoms with van der Waals surface area (Å²) in [6.45, 7) is 9.73. The van der Waals surface area contributed by atoms with Gasteiger partial charge in [-0.25, -0.2) is 38.1 Å². The normalized spacial score (nSPS) is 11.9. The first-order chi connectivity index (χ1) is 68.9. The van der Waals surface area contributed by atoms with E-state index in [1.165, 1.54) is 44.2 Å². The predicted octanol–water partition coefficient (Wildman–Crippen LogP) is 10.7. The van der Waals surface area contributed by atoms with Crippen molar-refractivity contribution in [2.24, 2.45) is 28.7 Å². The number of hydrogen-bond donors (Lipinski definition) is 11. The number of nitrogens with zero attached hydrogens (tertiary/aromatic N) is 5. The van der Waals surface area contributed by atoms with Crippen LogP contribution in [0.25, 0.3) is 56.3 Å². The number of primary amides is 5. The highest BCUT2D eigenvalue weighted by molar-refractivity contribution is 6.39. The number of nitrogens with one attached hydrogen (secondary N) is 5. The monoisotopic (exact) mass is 1960 g/mol. The maximum atomic E-state index is 14.2. The van der Waals surface area contributed by atoms with E-state index in [2.05, 4.69) is 51.5 Å². The minimum Gasteiger partial charge on any atom is -0.435 e. The number of rotatable bonds is 35. The first kappa shape index (κ1) is 106. The first-order valence-electron chi connectivity index (χ1n) is 44.2. The number of aliphatic hydroxyl groups is 1. The molecule has 0 fully saturated rings. The average Bonchev–Trinajstić information content (AvgIpc) is 1.65. The van der Waals surface area contributed by atoms with Crippen molar-refractivity contribution in [3.05, 3.63) is 388 Å². The van der Waals surface area contributed by atoms with Gasteiger partial charge in [-0.2, -0.15) is 0 Å². The van der Waals surface area contributed by atoms with Crippen molar-refractivity contribution >= 4 is 82.2 Å². The molecule has 10 amide bonds. The van der Waals surface area contributed by atoms with E-state index in [1.54, 1.807) is 148 Å². The van der Waals surface area contributed by atoms with Crippen LogP contribution in [0.1, 0.15) is 116 Å². The van der Waals surface area contributed by atoms with Gasteiger partial charge in [-0.05, 0) is 71.0 Å². The molecule has 15 rings (SSSR count). The fourth-order valence-corrected chi connectivity index (χ4v) is 14.6. The molecule has 736 valence electrons. The van der Waals surface area contributed by atoms with Gasteiger partial charge in [-0.1, -0.05) is 255 Å². The maximum absolute atomic E-state index is 14.2. The molecule has 6 unspecified atom stereocenters. The van der Waals surface area contributed by atoms with Crippen molar-refractivity contribution in [3.8, 4) is 56.3 Å². The summed E-state index contributed by atoms with van der Waals surface area (Å²) in [7, 11) is 0. The molecule has 0 spiro atoms. The molecule has 0 aliphatic carbocycles. The summed E-state index contributed by atoms with van der Waals surface area (Å²) >= 11 is 0. The lowest BCUT2D eigenvalue weighted by Gasteiger charge is -2.22. The van der Waals surface area contributed by atoms with Gasteiger partial charge in [0.15, 0.2) is 47.2 Å². The summed E-state index contributed by atoms with van der Waals surface area (Å²) in [6.07, 6.45) is -1.02. The highest BCUT2D eigenvalue weighted by Gasteiger charge is 2.37. The van der Waals surface area contributed by atoms with E-state index in [-0.39, 0.29) is 89.4 Å². The van der Waals surface area contributed by atoms with Crippen LogP contribution < -0.4 is 55.3 Å². The average molecular weight is 1960 g/mol. The molecule has 144 heavy (non-hydrogen) atoms. The third-order valence-electron chi connectivity index (χ3n) is 21.4. The van der Waals surface area contributed by atoms with Gasteiger partial charge in [0, 0.05) is 88.1 Å². The second kappa shape index (κ2) is 50.1. The Morgan fingerprint density at radius 1 is 0.278 bits per heavy atom. The lowest BCUT2D eigenvalue weighted by molar-refractivity contribution is -0.137. The van der Waals surface area contributed by atoms with Crippen molar-refractivity contribution in [3.63, 3.8) is 0 Å². The van der Waals surface area contributed by atoms with E-state index in [9.17, 15) is 85.4 Å². The van der Waals surface area contributed by atoms with Crippen molar-refractivity contribution in [1.82, 2.24) is 51.5 Å². The number of carbonyl (C=O) groups is 14. The second-order valence-corrected chi connectivity index (χ2v) is 32.1. The number of nitrogens with two attached hydrogens (primary N) is 5. The minimum atomic E-state index is -1.55. The van der Waals surface area contributed by atoms with Crippen LogP contribution in [-0.4, -0.2) is 149 Å².